The highest BCUT2D eigenvalue weighted by atomic mass is 32.2. The molecular weight excluding hydrogens is 393 g/mol. The Labute approximate surface area is 152 Å². The molecule has 0 amide bonds. The molecule has 0 spiro atoms. The minimum atomic E-state index is -4.69. The van der Waals surface area contributed by atoms with Crippen molar-refractivity contribution in [2.24, 2.45) is 0 Å². The highest BCUT2D eigenvalue weighted by Crippen LogP contribution is 2.40. The van der Waals surface area contributed by atoms with E-state index < -0.39 is 22.0 Å². The Kier molecular flexibility index (Phi) is 5.17. The third-order valence-corrected chi connectivity index (χ3v) is 6.79. The molecule has 144 valence electrons. The molecule has 3 heterocycles. The lowest BCUT2D eigenvalue weighted by molar-refractivity contribution is -0.155. The molecule has 0 aromatic carbocycles. The van der Waals surface area contributed by atoms with Crippen LogP contribution in [0.2, 0.25) is 0 Å². The van der Waals surface area contributed by atoms with E-state index in [1.165, 1.54) is 11.3 Å². The second kappa shape index (κ2) is 6.95. The maximum Gasteiger partial charge on any atom is 0.452 e. The van der Waals surface area contributed by atoms with Crippen LogP contribution < -0.4 is 4.72 Å². The number of alkyl halides is 3. The number of hydrogen-bond donors (Lipinski definition) is 1. The zero-order valence-corrected chi connectivity index (χ0v) is 15.6. The predicted octanol–water partition coefficient (Wildman–Crippen LogP) is 3.50. The van der Waals surface area contributed by atoms with Crippen LogP contribution in [0.15, 0.2) is 15.5 Å². The van der Waals surface area contributed by atoms with E-state index in [4.69, 9.17) is 4.74 Å². The van der Waals surface area contributed by atoms with Gasteiger partial charge in [-0.3, -0.25) is 0 Å². The molecule has 2 aromatic rings. The standard InChI is InChI=1S/C15H17F3N2O4S2/c1-8-13(11-6-12(24-20-11)15(16,17)18)14(9(2)25-8)26(21,22)19-7-10-4-3-5-23-10/h6,10,19H,3-5,7H2,1-2H3/t10-/m1/s1. The van der Waals surface area contributed by atoms with Gasteiger partial charge >= 0.3 is 6.18 Å². The molecule has 0 saturated carbocycles. The Morgan fingerprint density at radius 1 is 1.35 bits per heavy atom. The van der Waals surface area contributed by atoms with E-state index in [1.54, 1.807) is 13.8 Å². The molecule has 11 heteroatoms. The number of nitrogens with one attached hydrogen (secondary N) is 1. The van der Waals surface area contributed by atoms with Crippen molar-refractivity contribution in [2.75, 3.05) is 13.2 Å². The smallest absolute Gasteiger partial charge is 0.377 e. The average molecular weight is 410 g/mol. The molecule has 0 unspecified atom stereocenters. The van der Waals surface area contributed by atoms with Crippen molar-refractivity contribution >= 4 is 21.4 Å². The van der Waals surface area contributed by atoms with Crippen molar-refractivity contribution in [3.8, 4) is 11.3 Å². The normalized spacial score (nSPS) is 18.6. The van der Waals surface area contributed by atoms with E-state index in [0.29, 0.717) is 22.4 Å². The summed E-state index contributed by atoms with van der Waals surface area (Å²) in [6, 6.07) is 0.716. The lowest BCUT2D eigenvalue weighted by Gasteiger charge is -2.12. The minimum absolute atomic E-state index is 0.0694. The maximum absolute atomic E-state index is 12.8. The fourth-order valence-corrected chi connectivity index (χ4v) is 5.83. The third kappa shape index (κ3) is 3.80. The van der Waals surface area contributed by atoms with E-state index in [-0.39, 0.29) is 28.8 Å². The van der Waals surface area contributed by atoms with Crippen molar-refractivity contribution in [1.82, 2.24) is 9.88 Å². The van der Waals surface area contributed by atoms with Gasteiger partial charge in [-0.15, -0.1) is 11.3 Å². The summed E-state index contributed by atoms with van der Waals surface area (Å²) in [5, 5.41) is 3.43. The van der Waals surface area contributed by atoms with Gasteiger partial charge in [0.25, 0.3) is 0 Å². The summed E-state index contributed by atoms with van der Waals surface area (Å²) in [5.41, 5.74) is -0.0248. The van der Waals surface area contributed by atoms with Crippen LogP contribution in [0.1, 0.15) is 28.4 Å². The number of hydrogen-bond acceptors (Lipinski definition) is 6. The van der Waals surface area contributed by atoms with Crippen molar-refractivity contribution in [3.63, 3.8) is 0 Å². The van der Waals surface area contributed by atoms with Gasteiger partial charge in [0.2, 0.25) is 15.8 Å². The van der Waals surface area contributed by atoms with Crippen LogP contribution in [-0.4, -0.2) is 32.8 Å². The van der Waals surface area contributed by atoms with Crippen molar-refractivity contribution < 1.29 is 30.8 Å². The molecule has 1 aliphatic rings. The van der Waals surface area contributed by atoms with Crippen LogP contribution in [0.4, 0.5) is 13.2 Å². The highest BCUT2D eigenvalue weighted by Gasteiger charge is 2.37. The topological polar surface area (TPSA) is 81.4 Å². The Morgan fingerprint density at radius 2 is 2.08 bits per heavy atom. The van der Waals surface area contributed by atoms with Crippen LogP contribution in [0.3, 0.4) is 0 Å². The van der Waals surface area contributed by atoms with E-state index in [0.717, 1.165) is 12.8 Å². The quantitative estimate of drug-likeness (QED) is 0.816. The van der Waals surface area contributed by atoms with Gasteiger partial charge in [-0.05, 0) is 26.7 Å². The first-order chi connectivity index (χ1) is 12.1. The first-order valence-corrected chi connectivity index (χ1v) is 10.1. The lowest BCUT2D eigenvalue weighted by Crippen LogP contribution is -2.32. The molecule has 0 aliphatic carbocycles. The second-order valence-corrected chi connectivity index (χ2v) is 9.11. The van der Waals surface area contributed by atoms with Crippen LogP contribution >= 0.6 is 11.3 Å². The molecule has 1 atom stereocenters. The number of aryl methyl sites for hydroxylation is 2. The second-order valence-electron chi connectivity index (χ2n) is 5.98. The highest BCUT2D eigenvalue weighted by molar-refractivity contribution is 7.89. The van der Waals surface area contributed by atoms with Gasteiger partial charge in [0, 0.05) is 34.5 Å². The molecule has 3 rings (SSSR count). The molecule has 26 heavy (non-hydrogen) atoms. The number of ether oxygens (including phenoxy) is 1. The number of sulfonamides is 1. The summed E-state index contributed by atoms with van der Waals surface area (Å²) in [6.45, 7) is 3.94. The zero-order valence-electron chi connectivity index (χ0n) is 14.0. The first-order valence-electron chi connectivity index (χ1n) is 7.85. The zero-order chi connectivity index (χ0) is 19.1. The number of rotatable bonds is 5. The van der Waals surface area contributed by atoms with Gasteiger partial charge in [-0.2, -0.15) is 13.2 Å². The van der Waals surface area contributed by atoms with Crippen LogP contribution in [-0.2, 0) is 20.9 Å². The van der Waals surface area contributed by atoms with Gasteiger partial charge in [-0.25, -0.2) is 13.1 Å². The predicted molar refractivity (Wildman–Crippen MR) is 88.5 cm³/mol. The van der Waals surface area contributed by atoms with Gasteiger partial charge in [0.15, 0.2) is 0 Å². The number of thiophene rings is 1. The number of halogens is 3. The van der Waals surface area contributed by atoms with Crippen LogP contribution in [0.25, 0.3) is 11.3 Å². The van der Waals surface area contributed by atoms with Gasteiger partial charge in [0.1, 0.15) is 10.6 Å². The van der Waals surface area contributed by atoms with E-state index >= 15 is 0 Å². The summed E-state index contributed by atoms with van der Waals surface area (Å²) in [5.74, 6) is -1.27. The van der Waals surface area contributed by atoms with Crippen molar-refractivity contribution in [3.05, 3.63) is 21.6 Å². The maximum atomic E-state index is 12.8. The van der Waals surface area contributed by atoms with Crippen LogP contribution in [0, 0.1) is 13.8 Å². The summed E-state index contributed by atoms with van der Waals surface area (Å²) in [7, 11) is -3.95. The average Bonchev–Trinajstić information content (AvgIpc) is 3.23. The summed E-state index contributed by atoms with van der Waals surface area (Å²) in [6.07, 6.45) is -3.26. The monoisotopic (exact) mass is 410 g/mol. The first kappa shape index (κ1) is 19.3. The minimum Gasteiger partial charge on any atom is -0.377 e. The SMILES string of the molecule is Cc1sc(C)c(S(=O)(=O)NC[C@H]2CCCO2)c1-c1cc(C(F)(F)F)on1. The molecular formula is C15H17F3N2O4S2. The molecule has 0 bridgehead atoms. The molecule has 0 radical (unpaired) electrons. The Balaban J connectivity index is 1.96. The fraction of sp³-hybridized carbons (Fsp3) is 0.533. The van der Waals surface area contributed by atoms with E-state index in [2.05, 4.69) is 14.4 Å². The Bertz CT molecular complexity index is 897. The molecule has 1 saturated heterocycles. The van der Waals surface area contributed by atoms with E-state index in [9.17, 15) is 21.6 Å². The lowest BCUT2D eigenvalue weighted by atomic mass is 10.1. The molecule has 1 fully saturated rings. The Morgan fingerprint density at radius 3 is 2.65 bits per heavy atom. The molecule has 2 aromatic heterocycles. The molecule has 1 aliphatic heterocycles. The molecule has 1 N–H and O–H groups in total. The molecule has 6 nitrogen and oxygen atoms in total. The number of aromatic nitrogens is 1. The number of nitrogens with zero attached hydrogens (tertiary/aromatic N) is 1. The summed E-state index contributed by atoms with van der Waals surface area (Å²) >= 11 is 1.18. The van der Waals surface area contributed by atoms with Gasteiger partial charge < -0.3 is 9.26 Å². The van der Waals surface area contributed by atoms with Crippen molar-refractivity contribution in [2.45, 2.75) is 43.9 Å². The van der Waals surface area contributed by atoms with Gasteiger partial charge in [0.05, 0.1) is 6.10 Å². The van der Waals surface area contributed by atoms with E-state index in [1.807, 2.05) is 0 Å². The summed E-state index contributed by atoms with van der Waals surface area (Å²) < 4.78 is 76.1. The van der Waals surface area contributed by atoms with Crippen LogP contribution in [0.5, 0.6) is 0 Å². The van der Waals surface area contributed by atoms with Crippen molar-refractivity contribution in [1.29, 1.82) is 0 Å². The third-order valence-electron chi connectivity index (χ3n) is 4.04. The fourth-order valence-electron chi connectivity index (χ4n) is 2.89. The Hall–Kier alpha value is -1.43. The summed E-state index contributed by atoms with van der Waals surface area (Å²) in [4.78, 5) is 0.941. The van der Waals surface area contributed by atoms with Gasteiger partial charge in [-0.1, -0.05) is 5.16 Å². The largest absolute Gasteiger partial charge is 0.452 e.